The fraction of sp³-hybridized carbons (Fsp3) is 0.238. The van der Waals surface area contributed by atoms with Crippen LogP contribution in [0.15, 0.2) is 64.3 Å². The Hall–Kier alpha value is -3.04. The van der Waals surface area contributed by atoms with E-state index >= 15 is 0 Å². The maximum atomic E-state index is 13.4. The molecular weight excluding hydrogens is 409 g/mol. The Balaban J connectivity index is 1.71. The zero-order valence-corrected chi connectivity index (χ0v) is 17.4. The van der Waals surface area contributed by atoms with Crippen LogP contribution in [0.1, 0.15) is 12.5 Å². The van der Waals surface area contributed by atoms with Gasteiger partial charge in [-0.15, -0.1) is 0 Å². The largest absolute Gasteiger partial charge is 0.494 e. The lowest BCUT2D eigenvalue weighted by Crippen LogP contribution is -2.32. The van der Waals surface area contributed by atoms with E-state index in [1.807, 2.05) is 31.2 Å². The molecule has 7 nitrogen and oxygen atoms in total. The fourth-order valence-electron chi connectivity index (χ4n) is 2.81. The third-order valence-electron chi connectivity index (χ3n) is 4.38. The molecule has 0 amide bonds. The van der Waals surface area contributed by atoms with Gasteiger partial charge in [0.25, 0.3) is 5.56 Å². The number of halogens is 1. The average molecular weight is 431 g/mol. The molecule has 0 unspecified atom stereocenters. The third-order valence-corrected chi connectivity index (χ3v) is 5.84. The summed E-state index contributed by atoms with van der Waals surface area (Å²) in [6.45, 7) is 3.96. The highest BCUT2D eigenvalue weighted by Crippen LogP contribution is 2.20. The molecule has 0 atom stereocenters. The first-order valence-corrected chi connectivity index (χ1v) is 10.9. The van der Waals surface area contributed by atoms with Gasteiger partial charge in [0.1, 0.15) is 11.6 Å². The van der Waals surface area contributed by atoms with Crippen molar-refractivity contribution in [3.8, 4) is 17.0 Å². The lowest BCUT2D eigenvalue weighted by atomic mass is 10.1. The van der Waals surface area contributed by atoms with Gasteiger partial charge in [0.15, 0.2) is 0 Å². The minimum absolute atomic E-state index is 0.0372. The van der Waals surface area contributed by atoms with Crippen molar-refractivity contribution >= 4 is 10.0 Å². The van der Waals surface area contributed by atoms with E-state index in [0.29, 0.717) is 12.3 Å². The van der Waals surface area contributed by atoms with E-state index in [9.17, 15) is 17.6 Å². The lowest BCUT2D eigenvalue weighted by Gasteiger charge is -2.10. The van der Waals surface area contributed by atoms with E-state index in [1.165, 1.54) is 29.8 Å². The van der Waals surface area contributed by atoms with Crippen LogP contribution in [0.2, 0.25) is 0 Å². The van der Waals surface area contributed by atoms with E-state index < -0.39 is 15.8 Å². The number of ether oxygens (including phenoxy) is 1. The summed E-state index contributed by atoms with van der Waals surface area (Å²) in [6, 6.07) is 13.9. The molecule has 0 bridgehead atoms. The van der Waals surface area contributed by atoms with Crippen LogP contribution < -0.4 is 15.0 Å². The summed E-state index contributed by atoms with van der Waals surface area (Å²) in [4.78, 5) is 12.1. The Labute approximate surface area is 174 Å². The Kier molecular flexibility index (Phi) is 6.63. The summed E-state index contributed by atoms with van der Waals surface area (Å²) in [6.07, 6.45) is 0. The Bertz CT molecular complexity index is 1190. The van der Waals surface area contributed by atoms with Gasteiger partial charge in [0, 0.05) is 18.2 Å². The Morgan fingerprint density at radius 2 is 1.83 bits per heavy atom. The topological polar surface area (TPSA) is 90.3 Å². The van der Waals surface area contributed by atoms with Gasteiger partial charge < -0.3 is 4.74 Å². The number of aryl methyl sites for hydroxylation is 1. The summed E-state index contributed by atoms with van der Waals surface area (Å²) < 4.78 is 47.2. The van der Waals surface area contributed by atoms with Crippen LogP contribution in [-0.2, 0) is 16.6 Å². The molecule has 3 rings (SSSR count). The van der Waals surface area contributed by atoms with Gasteiger partial charge in [0.2, 0.25) is 10.0 Å². The van der Waals surface area contributed by atoms with Crippen LogP contribution in [0.4, 0.5) is 4.39 Å². The minimum atomic E-state index is -3.83. The van der Waals surface area contributed by atoms with E-state index in [0.717, 1.165) is 17.4 Å². The number of nitrogens with one attached hydrogen (secondary N) is 1. The van der Waals surface area contributed by atoms with E-state index in [2.05, 4.69) is 9.82 Å². The highest BCUT2D eigenvalue weighted by atomic mass is 32.2. The van der Waals surface area contributed by atoms with Crippen molar-refractivity contribution in [3.63, 3.8) is 0 Å². The van der Waals surface area contributed by atoms with Crippen molar-refractivity contribution in [1.82, 2.24) is 14.5 Å². The SMILES string of the molecule is CCOc1ccc(-c2ccc(=O)n(CCNS(=O)(=O)c3ccc(F)c(C)c3)n2)cc1. The smallest absolute Gasteiger partial charge is 0.266 e. The van der Waals surface area contributed by atoms with Crippen LogP contribution in [0.25, 0.3) is 11.3 Å². The van der Waals surface area contributed by atoms with Gasteiger partial charge in [-0.25, -0.2) is 22.2 Å². The first-order chi connectivity index (χ1) is 14.3. The van der Waals surface area contributed by atoms with Crippen molar-refractivity contribution in [2.45, 2.75) is 25.3 Å². The Morgan fingerprint density at radius 1 is 1.10 bits per heavy atom. The molecule has 0 aliphatic carbocycles. The minimum Gasteiger partial charge on any atom is -0.494 e. The summed E-state index contributed by atoms with van der Waals surface area (Å²) in [5.41, 5.74) is 1.27. The molecule has 0 aliphatic rings. The van der Waals surface area contributed by atoms with Gasteiger partial charge in [-0.05, 0) is 67.9 Å². The van der Waals surface area contributed by atoms with Crippen LogP contribution in [0.5, 0.6) is 5.75 Å². The fourth-order valence-corrected chi connectivity index (χ4v) is 3.91. The highest BCUT2D eigenvalue weighted by molar-refractivity contribution is 7.89. The van der Waals surface area contributed by atoms with Crippen LogP contribution >= 0.6 is 0 Å². The molecule has 158 valence electrons. The van der Waals surface area contributed by atoms with Gasteiger partial charge in [-0.3, -0.25) is 4.79 Å². The molecule has 30 heavy (non-hydrogen) atoms. The maximum Gasteiger partial charge on any atom is 0.266 e. The summed E-state index contributed by atoms with van der Waals surface area (Å²) in [5, 5.41) is 4.32. The predicted molar refractivity (Wildman–Crippen MR) is 111 cm³/mol. The number of hydrogen-bond donors (Lipinski definition) is 1. The van der Waals surface area contributed by atoms with E-state index in [4.69, 9.17) is 4.74 Å². The first kappa shape index (κ1) is 21.7. The summed E-state index contributed by atoms with van der Waals surface area (Å²) in [5.74, 6) is 0.260. The molecule has 1 aromatic heterocycles. The number of sulfonamides is 1. The molecule has 0 radical (unpaired) electrons. The second kappa shape index (κ2) is 9.19. The molecule has 1 N–H and O–H groups in total. The molecule has 0 fully saturated rings. The third kappa shape index (κ3) is 5.11. The second-order valence-electron chi connectivity index (χ2n) is 6.55. The van der Waals surface area contributed by atoms with Crippen LogP contribution in [-0.4, -0.2) is 31.3 Å². The van der Waals surface area contributed by atoms with Crippen LogP contribution in [0, 0.1) is 12.7 Å². The number of nitrogens with zero attached hydrogens (tertiary/aromatic N) is 2. The second-order valence-corrected chi connectivity index (χ2v) is 8.31. The molecular formula is C21H22FN3O4S. The normalized spacial score (nSPS) is 11.4. The van der Waals surface area contributed by atoms with Gasteiger partial charge in [0.05, 0.1) is 23.7 Å². The number of hydrogen-bond acceptors (Lipinski definition) is 5. The van der Waals surface area contributed by atoms with Crippen LogP contribution in [0.3, 0.4) is 0 Å². The van der Waals surface area contributed by atoms with Gasteiger partial charge in [-0.1, -0.05) is 0 Å². The molecule has 9 heteroatoms. The average Bonchev–Trinajstić information content (AvgIpc) is 2.72. The monoisotopic (exact) mass is 431 g/mol. The molecule has 0 spiro atoms. The van der Waals surface area contributed by atoms with Gasteiger partial charge >= 0.3 is 0 Å². The highest BCUT2D eigenvalue weighted by Gasteiger charge is 2.15. The summed E-state index contributed by atoms with van der Waals surface area (Å²) >= 11 is 0. The molecule has 0 aliphatic heterocycles. The molecule has 1 heterocycles. The zero-order chi connectivity index (χ0) is 21.7. The van der Waals surface area contributed by atoms with Crippen molar-refractivity contribution in [2.24, 2.45) is 0 Å². The Morgan fingerprint density at radius 3 is 2.50 bits per heavy atom. The predicted octanol–water partition coefficient (Wildman–Crippen LogP) is 2.74. The molecule has 0 saturated carbocycles. The quantitative estimate of drug-likeness (QED) is 0.592. The van der Waals surface area contributed by atoms with Gasteiger partial charge in [-0.2, -0.15) is 5.10 Å². The number of aromatic nitrogens is 2. The molecule has 0 saturated heterocycles. The van der Waals surface area contributed by atoms with Crippen molar-refractivity contribution in [2.75, 3.05) is 13.2 Å². The van der Waals surface area contributed by atoms with E-state index in [-0.39, 0.29) is 29.1 Å². The standard InChI is InChI=1S/C21H22FN3O4S/c1-3-29-17-6-4-16(5-7-17)20-10-11-21(26)25(24-20)13-12-23-30(27,28)18-8-9-19(22)15(2)14-18/h4-11,14,23H,3,12-13H2,1-2H3. The molecule has 2 aromatic carbocycles. The van der Waals surface area contributed by atoms with Crippen molar-refractivity contribution in [1.29, 1.82) is 0 Å². The number of rotatable bonds is 8. The molecule has 3 aromatic rings. The summed E-state index contributed by atoms with van der Waals surface area (Å²) in [7, 11) is -3.83. The lowest BCUT2D eigenvalue weighted by molar-refractivity contribution is 0.340. The van der Waals surface area contributed by atoms with Crippen molar-refractivity contribution in [3.05, 3.63) is 76.3 Å². The number of benzene rings is 2. The first-order valence-electron chi connectivity index (χ1n) is 9.37. The van der Waals surface area contributed by atoms with E-state index in [1.54, 1.807) is 6.07 Å². The maximum absolute atomic E-state index is 13.4. The zero-order valence-electron chi connectivity index (χ0n) is 16.6. The van der Waals surface area contributed by atoms with Crippen molar-refractivity contribution < 1.29 is 17.5 Å².